The zero-order valence-corrected chi connectivity index (χ0v) is 11.0. The predicted octanol–water partition coefficient (Wildman–Crippen LogP) is 3.95. The van der Waals surface area contributed by atoms with E-state index in [0.29, 0.717) is 11.4 Å². The van der Waals surface area contributed by atoms with E-state index < -0.39 is 17.5 Å². The van der Waals surface area contributed by atoms with Gasteiger partial charge < -0.3 is 0 Å². The van der Waals surface area contributed by atoms with Gasteiger partial charge in [0.2, 0.25) is 0 Å². The van der Waals surface area contributed by atoms with E-state index in [1.807, 2.05) is 0 Å². The van der Waals surface area contributed by atoms with E-state index in [2.05, 4.69) is 4.98 Å². The summed E-state index contributed by atoms with van der Waals surface area (Å²) < 4.78 is 38.8. The van der Waals surface area contributed by atoms with E-state index in [1.54, 1.807) is 19.9 Å². The number of hydrogen-bond acceptors (Lipinski definition) is 2. The van der Waals surface area contributed by atoms with Crippen LogP contribution in [-0.4, -0.2) is 10.8 Å². The molecule has 20 heavy (non-hydrogen) atoms. The first-order chi connectivity index (χ1) is 9.30. The highest BCUT2D eigenvalue weighted by Gasteiger charge is 2.35. The van der Waals surface area contributed by atoms with E-state index in [0.717, 1.165) is 6.07 Å². The summed E-state index contributed by atoms with van der Waals surface area (Å²) in [6.07, 6.45) is -4.56. The lowest BCUT2D eigenvalue weighted by Crippen LogP contribution is -2.14. The van der Waals surface area contributed by atoms with Crippen molar-refractivity contribution in [2.24, 2.45) is 0 Å². The van der Waals surface area contributed by atoms with Gasteiger partial charge in [0.25, 0.3) is 0 Å². The standard InChI is InChI=1S/C15H12F3NO/c1-9-7-8-11(10(2)19-9)14(20)12-5-3-4-6-13(12)15(16,17)18/h3-8H,1-2H3. The van der Waals surface area contributed by atoms with E-state index >= 15 is 0 Å². The normalized spacial score (nSPS) is 11.4. The highest BCUT2D eigenvalue weighted by Crippen LogP contribution is 2.33. The Morgan fingerprint density at radius 2 is 1.65 bits per heavy atom. The number of rotatable bonds is 2. The van der Waals surface area contributed by atoms with Crippen molar-refractivity contribution in [1.29, 1.82) is 0 Å². The summed E-state index contributed by atoms with van der Waals surface area (Å²) in [7, 11) is 0. The summed E-state index contributed by atoms with van der Waals surface area (Å²) in [5.41, 5.74) is 0.0427. The number of aryl methyl sites for hydroxylation is 2. The lowest BCUT2D eigenvalue weighted by atomic mass is 9.97. The van der Waals surface area contributed by atoms with Crippen LogP contribution in [0, 0.1) is 13.8 Å². The Labute approximate surface area is 114 Å². The molecule has 0 aliphatic carbocycles. The zero-order valence-electron chi connectivity index (χ0n) is 11.0. The highest BCUT2D eigenvalue weighted by molar-refractivity contribution is 6.10. The molecule has 0 saturated heterocycles. The van der Waals surface area contributed by atoms with Gasteiger partial charge in [-0.2, -0.15) is 13.2 Å². The predicted molar refractivity (Wildman–Crippen MR) is 68.6 cm³/mol. The van der Waals surface area contributed by atoms with Crippen molar-refractivity contribution in [1.82, 2.24) is 4.98 Å². The molecule has 0 unspecified atom stereocenters. The molecule has 0 spiro atoms. The molecule has 0 fully saturated rings. The maximum atomic E-state index is 12.9. The van der Waals surface area contributed by atoms with Gasteiger partial charge in [-0.15, -0.1) is 0 Å². The molecule has 0 N–H and O–H groups in total. The molecule has 5 heteroatoms. The number of pyridine rings is 1. The third-order valence-corrected chi connectivity index (χ3v) is 2.95. The summed E-state index contributed by atoms with van der Waals surface area (Å²) in [4.78, 5) is 16.4. The first kappa shape index (κ1) is 14.2. The average Bonchev–Trinajstić information content (AvgIpc) is 2.37. The Bertz CT molecular complexity index is 662. The van der Waals surface area contributed by atoms with Crippen molar-refractivity contribution in [2.75, 3.05) is 0 Å². The van der Waals surface area contributed by atoms with Crippen molar-refractivity contribution in [3.8, 4) is 0 Å². The number of ketones is 1. The smallest absolute Gasteiger partial charge is 0.289 e. The monoisotopic (exact) mass is 279 g/mol. The number of aromatic nitrogens is 1. The summed E-state index contributed by atoms with van der Waals surface area (Å²) in [6.45, 7) is 3.36. The molecule has 0 atom stereocenters. The molecular weight excluding hydrogens is 267 g/mol. The van der Waals surface area contributed by atoms with Crippen LogP contribution < -0.4 is 0 Å². The minimum atomic E-state index is -4.56. The summed E-state index contributed by atoms with van der Waals surface area (Å²) >= 11 is 0. The molecule has 0 saturated carbocycles. The van der Waals surface area contributed by atoms with Crippen molar-refractivity contribution in [3.05, 3.63) is 64.5 Å². The number of halogens is 3. The Morgan fingerprint density at radius 3 is 2.25 bits per heavy atom. The fourth-order valence-electron chi connectivity index (χ4n) is 2.00. The summed E-state index contributed by atoms with van der Waals surface area (Å²) in [5.74, 6) is -0.664. The second-order valence-corrected chi connectivity index (χ2v) is 4.46. The van der Waals surface area contributed by atoms with Crippen molar-refractivity contribution >= 4 is 5.78 Å². The fourth-order valence-corrected chi connectivity index (χ4v) is 2.00. The molecule has 0 radical (unpaired) electrons. The van der Waals surface area contributed by atoms with Crippen molar-refractivity contribution < 1.29 is 18.0 Å². The van der Waals surface area contributed by atoms with Crippen LogP contribution in [0.3, 0.4) is 0 Å². The number of nitrogens with zero attached hydrogens (tertiary/aromatic N) is 1. The molecule has 0 bridgehead atoms. The zero-order chi connectivity index (χ0) is 14.9. The average molecular weight is 279 g/mol. The lowest BCUT2D eigenvalue weighted by molar-refractivity contribution is -0.137. The summed E-state index contributed by atoms with van der Waals surface area (Å²) in [5, 5.41) is 0. The van der Waals surface area contributed by atoms with Gasteiger partial charge in [-0.05, 0) is 32.0 Å². The van der Waals surface area contributed by atoms with Gasteiger partial charge >= 0.3 is 6.18 Å². The fraction of sp³-hybridized carbons (Fsp3) is 0.200. The van der Waals surface area contributed by atoms with Gasteiger partial charge in [-0.3, -0.25) is 9.78 Å². The molecule has 1 heterocycles. The SMILES string of the molecule is Cc1ccc(C(=O)c2ccccc2C(F)(F)F)c(C)n1. The molecule has 0 aliphatic rings. The second-order valence-electron chi connectivity index (χ2n) is 4.46. The number of hydrogen-bond donors (Lipinski definition) is 0. The van der Waals surface area contributed by atoms with Gasteiger partial charge in [-0.1, -0.05) is 18.2 Å². The van der Waals surface area contributed by atoms with E-state index in [1.165, 1.54) is 24.3 Å². The van der Waals surface area contributed by atoms with Gasteiger partial charge in [0.05, 0.1) is 5.56 Å². The number of benzene rings is 1. The highest BCUT2D eigenvalue weighted by atomic mass is 19.4. The van der Waals surface area contributed by atoms with Crippen LogP contribution in [0.5, 0.6) is 0 Å². The first-order valence-corrected chi connectivity index (χ1v) is 5.96. The molecule has 2 rings (SSSR count). The number of carbonyl (C=O) groups is 1. The molecule has 104 valence electrons. The van der Waals surface area contributed by atoms with Crippen LogP contribution in [0.2, 0.25) is 0 Å². The van der Waals surface area contributed by atoms with Gasteiger partial charge in [0, 0.05) is 22.5 Å². The van der Waals surface area contributed by atoms with Crippen LogP contribution in [0.4, 0.5) is 13.2 Å². The molecular formula is C15H12F3NO. The van der Waals surface area contributed by atoms with Crippen LogP contribution in [-0.2, 0) is 6.18 Å². The van der Waals surface area contributed by atoms with Crippen molar-refractivity contribution in [3.63, 3.8) is 0 Å². The number of carbonyl (C=O) groups excluding carboxylic acids is 1. The van der Waals surface area contributed by atoms with Crippen LogP contribution in [0.25, 0.3) is 0 Å². The van der Waals surface area contributed by atoms with E-state index in [9.17, 15) is 18.0 Å². The van der Waals surface area contributed by atoms with Gasteiger partial charge in [0.1, 0.15) is 0 Å². The third-order valence-electron chi connectivity index (χ3n) is 2.95. The minimum absolute atomic E-state index is 0.187. The second kappa shape index (κ2) is 5.07. The molecule has 2 nitrogen and oxygen atoms in total. The minimum Gasteiger partial charge on any atom is -0.289 e. The van der Waals surface area contributed by atoms with Gasteiger partial charge in [-0.25, -0.2) is 0 Å². The Morgan fingerprint density at radius 1 is 1.00 bits per heavy atom. The van der Waals surface area contributed by atoms with Crippen LogP contribution >= 0.6 is 0 Å². The van der Waals surface area contributed by atoms with Crippen molar-refractivity contribution in [2.45, 2.75) is 20.0 Å². The first-order valence-electron chi connectivity index (χ1n) is 5.96. The maximum absolute atomic E-state index is 12.9. The topological polar surface area (TPSA) is 30.0 Å². The van der Waals surface area contributed by atoms with Crippen LogP contribution in [0.15, 0.2) is 36.4 Å². The molecule has 2 aromatic rings. The Hall–Kier alpha value is -2.17. The lowest BCUT2D eigenvalue weighted by Gasteiger charge is -2.12. The number of alkyl halides is 3. The Kier molecular flexibility index (Phi) is 3.61. The van der Waals surface area contributed by atoms with E-state index in [4.69, 9.17) is 0 Å². The largest absolute Gasteiger partial charge is 0.417 e. The maximum Gasteiger partial charge on any atom is 0.417 e. The Balaban J connectivity index is 2.55. The molecule has 1 aromatic carbocycles. The molecule has 0 amide bonds. The molecule has 1 aromatic heterocycles. The van der Waals surface area contributed by atoms with E-state index in [-0.39, 0.29) is 11.1 Å². The molecule has 0 aliphatic heterocycles. The van der Waals surface area contributed by atoms with Crippen LogP contribution in [0.1, 0.15) is 32.9 Å². The summed E-state index contributed by atoms with van der Waals surface area (Å²) in [6, 6.07) is 7.89. The quantitative estimate of drug-likeness (QED) is 0.779. The third kappa shape index (κ3) is 2.71. The van der Waals surface area contributed by atoms with Gasteiger partial charge in [0.15, 0.2) is 5.78 Å².